The van der Waals surface area contributed by atoms with Gasteiger partial charge in [0.2, 0.25) is 0 Å². The van der Waals surface area contributed by atoms with Crippen molar-refractivity contribution in [2.45, 2.75) is 12.8 Å². The van der Waals surface area contributed by atoms with E-state index in [9.17, 15) is 0 Å². The van der Waals surface area contributed by atoms with Crippen molar-refractivity contribution >= 4 is 11.4 Å². The van der Waals surface area contributed by atoms with Crippen LogP contribution in [0.5, 0.6) is 11.5 Å². The number of ether oxygens (including phenoxy) is 2. The number of hydrogen-bond acceptors (Lipinski definition) is 3. The summed E-state index contributed by atoms with van der Waals surface area (Å²) in [7, 11) is 3.32. The Bertz CT molecular complexity index is 798. The highest BCUT2D eigenvalue weighted by Gasteiger charge is 2.05. The zero-order valence-corrected chi connectivity index (χ0v) is 14.7. The van der Waals surface area contributed by atoms with Crippen molar-refractivity contribution < 1.29 is 9.47 Å². The van der Waals surface area contributed by atoms with Crippen molar-refractivity contribution in [2.24, 2.45) is 0 Å². The van der Waals surface area contributed by atoms with Gasteiger partial charge in [-0.2, -0.15) is 0 Å². The molecule has 0 aliphatic rings. The van der Waals surface area contributed by atoms with Crippen LogP contribution in [-0.2, 0) is 12.8 Å². The monoisotopic (exact) mass is 333 g/mol. The molecule has 0 bridgehead atoms. The topological polar surface area (TPSA) is 30.5 Å². The lowest BCUT2D eigenvalue weighted by molar-refractivity contribution is 0.354. The first-order valence-corrected chi connectivity index (χ1v) is 8.40. The molecule has 0 unspecified atom stereocenters. The summed E-state index contributed by atoms with van der Waals surface area (Å²) in [6.45, 7) is 0. The van der Waals surface area contributed by atoms with Crippen LogP contribution < -0.4 is 14.8 Å². The SMILES string of the molecule is COc1ccc(CCc2ccc(Nc3ccccc3)cc2)cc1OC. The Morgan fingerprint density at radius 3 is 1.92 bits per heavy atom. The first-order chi connectivity index (χ1) is 12.3. The average Bonchev–Trinajstić information content (AvgIpc) is 2.68. The highest BCUT2D eigenvalue weighted by Crippen LogP contribution is 2.28. The smallest absolute Gasteiger partial charge is 0.160 e. The molecule has 0 aliphatic heterocycles. The van der Waals surface area contributed by atoms with Crippen LogP contribution in [-0.4, -0.2) is 14.2 Å². The minimum absolute atomic E-state index is 0.766. The molecule has 0 radical (unpaired) electrons. The number of nitrogens with one attached hydrogen (secondary N) is 1. The molecule has 0 heterocycles. The minimum Gasteiger partial charge on any atom is -0.493 e. The summed E-state index contributed by atoms with van der Waals surface area (Å²) < 4.78 is 10.7. The van der Waals surface area contributed by atoms with E-state index in [4.69, 9.17) is 9.47 Å². The largest absolute Gasteiger partial charge is 0.493 e. The molecule has 0 amide bonds. The van der Waals surface area contributed by atoms with Gasteiger partial charge in [-0.3, -0.25) is 0 Å². The summed E-state index contributed by atoms with van der Waals surface area (Å²) in [5.41, 5.74) is 4.75. The van der Waals surface area contributed by atoms with Gasteiger partial charge in [0.25, 0.3) is 0 Å². The van der Waals surface area contributed by atoms with Gasteiger partial charge in [0.15, 0.2) is 11.5 Å². The first kappa shape index (κ1) is 16.9. The summed E-state index contributed by atoms with van der Waals surface area (Å²) in [5, 5.41) is 3.40. The van der Waals surface area contributed by atoms with Gasteiger partial charge in [0.05, 0.1) is 14.2 Å². The highest BCUT2D eigenvalue weighted by molar-refractivity contribution is 5.59. The van der Waals surface area contributed by atoms with Crippen LogP contribution in [0.25, 0.3) is 0 Å². The summed E-state index contributed by atoms with van der Waals surface area (Å²) in [5.74, 6) is 1.55. The van der Waals surface area contributed by atoms with Crippen LogP contribution in [0.2, 0.25) is 0 Å². The maximum atomic E-state index is 5.37. The molecule has 3 nitrogen and oxygen atoms in total. The van der Waals surface area contributed by atoms with E-state index < -0.39 is 0 Å². The number of benzene rings is 3. The van der Waals surface area contributed by atoms with Gasteiger partial charge < -0.3 is 14.8 Å². The molecule has 0 saturated carbocycles. The molecule has 0 aromatic heterocycles. The van der Waals surface area contributed by atoms with E-state index in [2.05, 4.69) is 47.8 Å². The Labute approximate surface area is 149 Å². The van der Waals surface area contributed by atoms with Gasteiger partial charge in [0.1, 0.15) is 0 Å². The van der Waals surface area contributed by atoms with Gasteiger partial charge >= 0.3 is 0 Å². The van der Waals surface area contributed by atoms with Crippen molar-refractivity contribution in [3.8, 4) is 11.5 Å². The Morgan fingerprint density at radius 2 is 1.24 bits per heavy atom. The second kappa shape index (κ2) is 8.25. The van der Waals surface area contributed by atoms with Crippen LogP contribution in [0.3, 0.4) is 0 Å². The number of aryl methyl sites for hydroxylation is 2. The Morgan fingerprint density at radius 1 is 0.640 bits per heavy atom. The molecule has 3 heteroatoms. The van der Waals surface area contributed by atoms with Crippen LogP contribution >= 0.6 is 0 Å². The van der Waals surface area contributed by atoms with E-state index in [-0.39, 0.29) is 0 Å². The summed E-state index contributed by atoms with van der Waals surface area (Å²) in [6, 6.07) is 24.9. The van der Waals surface area contributed by atoms with Crippen LogP contribution in [0.15, 0.2) is 72.8 Å². The molecule has 0 aliphatic carbocycles. The maximum absolute atomic E-state index is 5.37. The van der Waals surface area contributed by atoms with Crippen molar-refractivity contribution in [1.29, 1.82) is 0 Å². The third-order valence-electron chi connectivity index (χ3n) is 4.17. The molecule has 128 valence electrons. The predicted molar refractivity (Wildman–Crippen MR) is 103 cm³/mol. The Hall–Kier alpha value is -2.94. The molecule has 0 saturated heterocycles. The Kier molecular flexibility index (Phi) is 5.57. The van der Waals surface area contributed by atoms with E-state index in [0.29, 0.717) is 0 Å². The third kappa shape index (κ3) is 4.54. The zero-order valence-electron chi connectivity index (χ0n) is 14.7. The lowest BCUT2D eigenvalue weighted by Gasteiger charge is -2.10. The van der Waals surface area contributed by atoms with Crippen LogP contribution in [0.4, 0.5) is 11.4 Å². The van der Waals surface area contributed by atoms with Gasteiger partial charge in [-0.15, -0.1) is 0 Å². The highest BCUT2D eigenvalue weighted by atomic mass is 16.5. The summed E-state index contributed by atoms with van der Waals surface area (Å²) >= 11 is 0. The molecular formula is C22H23NO2. The second-order valence-electron chi connectivity index (χ2n) is 5.88. The molecule has 1 N–H and O–H groups in total. The average molecular weight is 333 g/mol. The van der Waals surface area contributed by atoms with Gasteiger partial charge in [0, 0.05) is 11.4 Å². The lowest BCUT2D eigenvalue weighted by Crippen LogP contribution is -1.95. The van der Waals surface area contributed by atoms with Gasteiger partial charge in [-0.25, -0.2) is 0 Å². The Balaban J connectivity index is 1.60. The van der Waals surface area contributed by atoms with E-state index in [1.165, 1.54) is 11.1 Å². The van der Waals surface area contributed by atoms with Crippen molar-refractivity contribution in [3.63, 3.8) is 0 Å². The second-order valence-corrected chi connectivity index (χ2v) is 5.88. The predicted octanol–water partition coefficient (Wildman–Crippen LogP) is 5.23. The number of para-hydroxylation sites is 1. The van der Waals surface area contributed by atoms with E-state index in [1.807, 2.05) is 30.3 Å². The molecular weight excluding hydrogens is 310 g/mol. The van der Waals surface area contributed by atoms with E-state index >= 15 is 0 Å². The minimum atomic E-state index is 0.766. The zero-order chi connectivity index (χ0) is 17.5. The van der Waals surface area contributed by atoms with Gasteiger partial charge in [-0.05, 0) is 60.4 Å². The van der Waals surface area contributed by atoms with E-state index in [1.54, 1.807) is 14.2 Å². The van der Waals surface area contributed by atoms with Crippen molar-refractivity contribution in [2.75, 3.05) is 19.5 Å². The number of anilines is 2. The van der Waals surface area contributed by atoms with Crippen molar-refractivity contribution in [1.82, 2.24) is 0 Å². The third-order valence-corrected chi connectivity index (χ3v) is 4.17. The fourth-order valence-corrected chi connectivity index (χ4v) is 2.77. The number of rotatable bonds is 7. The number of hydrogen-bond donors (Lipinski definition) is 1. The maximum Gasteiger partial charge on any atom is 0.160 e. The molecule has 25 heavy (non-hydrogen) atoms. The molecule has 0 fully saturated rings. The fraction of sp³-hybridized carbons (Fsp3) is 0.182. The molecule has 3 rings (SSSR count). The summed E-state index contributed by atoms with van der Waals surface area (Å²) in [6.07, 6.45) is 1.95. The molecule has 0 spiro atoms. The normalized spacial score (nSPS) is 10.3. The van der Waals surface area contributed by atoms with Crippen LogP contribution in [0.1, 0.15) is 11.1 Å². The molecule has 0 atom stereocenters. The van der Waals surface area contributed by atoms with Crippen LogP contribution in [0, 0.1) is 0 Å². The molecule has 3 aromatic carbocycles. The van der Waals surface area contributed by atoms with Crippen molar-refractivity contribution in [3.05, 3.63) is 83.9 Å². The first-order valence-electron chi connectivity index (χ1n) is 8.40. The van der Waals surface area contributed by atoms with Gasteiger partial charge in [-0.1, -0.05) is 36.4 Å². The number of methoxy groups -OCH3 is 2. The standard InChI is InChI=1S/C22H23NO2/c1-24-21-15-12-18(16-22(21)25-2)9-8-17-10-13-20(14-11-17)23-19-6-4-3-5-7-19/h3-7,10-16,23H,8-9H2,1-2H3. The fourth-order valence-electron chi connectivity index (χ4n) is 2.77. The quantitative estimate of drug-likeness (QED) is 0.642. The van der Waals surface area contributed by atoms with E-state index in [0.717, 1.165) is 35.7 Å². The lowest BCUT2D eigenvalue weighted by atomic mass is 10.0. The molecule has 3 aromatic rings. The summed E-state index contributed by atoms with van der Waals surface area (Å²) in [4.78, 5) is 0.